The summed E-state index contributed by atoms with van der Waals surface area (Å²) in [5.74, 6) is -1.31. The molecule has 44 heavy (non-hydrogen) atoms. The number of benzene rings is 2. The van der Waals surface area contributed by atoms with E-state index in [9.17, 15) is 19.5 Å². The van der Waals surface area contributed by atoms with Crippen LogP contribution < -0.4 is 9.64 Å². The van der Waals surface area contributed by atoms with Crippen molar-refractivity contribution in [1.82, 2.24) is 9.80 Å². The normalized spacial score (nSPS) is 30.9. The van der Waals surface area contributed by atoms with Crippen molar-refractivity contribution in [2.45, 2.75) is 55.3 Å². The van der Waals surface area contributed by atoms with Gasteiger partial charge in [-0.2, -0.15) is 0 Å². The molecule has 2 fully saturated rings. The first-order valence-corrected chi connectivity index (χ1v) is 16.3. The minimum atomic E-state index is -0.981. The number of rotatable bonds is 8. The van der Waals surface area contributed by atoms with Gasteiger partial charge in [0.1, 0.15) is 11.8 Å². The zero-order valence-electron chi connectivity index (χ0n) is 25.8. The average molecular weight is 616 g/mol. The van der Waals surface area contributed by atoms with E-state index in [4.69, 9.17) is 4.74 Å². The van der Waals surface area contributed by atoms with E-state index in [-0.39, 0.29) is 30.2 Å². The van der Waals surface area contributed by atoms with Crippen LogP contribution in [0, 0.1) is 17.8 Å². The molecule has 0 saturated carbocycles. The van der Waals surface area contributed by atoms with Gasteiger partial charge in [0, 0.05) is 30.1 Å². The zero-order chi connectivity index (χ0) is 31.2. The Balaban J connectivity index is 1.46. The number of hydrogen-bond donors (Lipinski definition) is 1. The van der Waals surface area contributed by atoms with Gasteiger partial charge in [-0.1, -0.05) is 74.9 Å². The number of carbonyl (C=O) groups is 3. The molecule has 4 heterocycles. The molecule has 3 amide bonds. The molecule has 6 rings (SSSR count). The van der Waals surface area contributed by atoms with Gasteiger partial charge in [-0.05, 0) is 42.7 Å². The van der Waals surface area contributed by atoms with Gasteiger partial charge in [-0.3, -0.25) is 14.4 Å². The van der Waals surface area contributed by atoms with Crippen molar-refractivity contribution in [3.63, 3.8) is 0 Å². The monoisotopic (exact) mass is 615 g/mol. The third kappa shape index (κ3) is 4.76. The molecule has 4 aliphatic heterocycles. The highest BCUT2D eigenvalue weighted by Gasteiger charge is 2.74. The second-order valence-corrected chi connectivity index (χ2v) is 14.3. The van der Waals surface area contributed by atoms with Crippen LogP contribution in [-0.2, 0) is 20.9 Å². The maximum absolute atomic E-state index is 14.9. The van der Waals surface area contributed by atoms with Crippen LogP contribution >= 0.6 is 11.8 Å². The second-order valence-electron chi connectivity index (χ2n) is 12.5. The summed E-state index contributed by atoms with van der Waals surface area (Å²) in [6.45, 7) is 7.02. The van der Waals surface area contributed by atoms with Gasteiger partial charge in [-0.25, -0.2) is 0 Å². The summed E-state index contributed by atoms with van der Waals surface area (Å²) in [6.07, 6.45) is 8.84. The summed E-state index contributed by atoms with van der Waals surface area (Å²) in [5.41, 5.74) is 1.72. The van der Waals surface area contributed by atoms with Crippen molar-refractivity contribution < 1.29 is 24.2 Å². The average Bonchev–Trinajstić information content (AvgIpc) is 3.31. The van der Waals surface area contributed by atoms with Crippen LogP contribution in [0.25, 0.3) is 0 Å². The number of anilines is 1. The van der Waals surface area contributed by atoms with Crippen LogP contribution in [0.2, 0.25) is 0 Å². The fraction of sp³-hybridized carbons (Fsp3) is 0.457. The standard InChI is InChI=1S/C35H41N3O5S/c1-5-23(2)27(22-39)38-30-33(42)37(25-13-15-26(43-4)16-14-25)20-10-18-35(30)29(32(38)41)28-31(40)36(19-9-17-34(28,3)44-35)21-24-11-7-6-8-12-24/h6-18,23,27-30,39H,5,19-22H2,1-4H3/t23-,27-,28-,29-,30?,34+,35-/m0/s1. The topological polar surface area (TPSA) is 90.4 Å². The molecule has 1 N–H and O–H groups in total. The van der Waals surface area contributed by atoms with E-state index in [0.29, 0.717) is 31.1 Å². The Bertz CT molecular complexity index is 1480. The quantitative estimate of drug-likeness (QED) is 0.446. The van der Waals surface area contributed by atoms with Crippen molar-refractivity contribution >= 4 is 35.2 Å². The summed E-state index contributed by atoms with van der Waals surface area (Å²) in [5, 5.41) is 10.7. The van der Waals surface area contributed by atoms with Crippen molar-refractivity contribution in [1.29, 1.82) is 0 Å². The Kier molecular flexibility index (Phi) is 8.13. The molecule has 2 aromatic carbocycles. The Labute approximate surface area is 263 Å². The summed E-state index contributed by atoms with van der Waals surface area (Å²) < 4.78 is 3.66. The molecule has 0 aliphatic carbocycles. The molecule has 1 spiro atoms. The number of thioether (sulfide) groups is 1. The fourth-order valence-corrected chi connectivity index (χ4v) is 9.77. The maximum atomic E-state index is 14.9. The highest BCUT2D eigenvalue weighted by molar-refractivity contribution is 8.02. The largest absolute Gasteiger partial charge is 0.497 e. The summed E-state index contributed by atoms with van der Waals surface area (Å²) >= 11 is 1.57. The van der Waals surface area contributed by atoms with Crippen LogP contribution in [0.4, 0.5) is 5.69 Å². The van der Waals surface area contributed by atoms with Crippen molar-refractivity contribution in [2.24, 2.45) is 17.8 Å². The lowest BCUT2D eigenvalue weighted by Gasteiger charge is -2.41. The lowest BCUT2D eigenvalue weighted by atomic mass is 9.74. The zero-order valence-corrected chi connectivity index (χ0v) is 26.6. The molecule has 0 radical (unpaired) electrons. The Morgan fingerprint density at radius 1 is 0.955 bits per heavy atom. The first-order chi connectivity index (χ1) is 21.2. The first-order valence-electron chi connectivity index (χ1n) is 15.5. The number of ether oxygens (including phenoxy) is 1. The summed E-state index contributed by atoms with van der Waals surface area (Å²) in [4.78, 5) is 49.4. The van der Waals surface area contributed by atoms with E-state index in [1.807, 2.05) is 98.5 Å². The lowest BCUT2D eigenvalue weighted by Crippen LogP contribution is -2.58. The SMILES string of the molecule is CC[C@H](C)[C@H](CO)N1C(=O)[C@@H]2[C@H]3C(=O)N(Cc4ccccc4)CC=C[C@@]3(C)S[C@@]23C=CCN(c2ccc(OC)cc2)C(=O)C13. The van der Waals surface area contributed by atoms with Gasteiger partial charge in [0.2, 0.25) is 11.8 Å². The van der Waals surface area contributed by atoms with Gasteiger partial charge in [0.05, 0.1) is 36.3 Å². The summed E-state index contributed by atoms with van der Waals surface area (Å²) in [6, 6.07) is 15.8. The first kappa shape index (κ1) is 30.5. The van der Waals surface area contributed by atoms with E-state index in [1.54, 1.807) is 28.7 Å². The van der Waals surface area contributed by atoms with Crippen molar-refractivity contribution in [3.8, 4) is 5.75 Å². The van der Waals surface area contributed by atoms with Crippen LogP contribution in [0.15, 0.2) is 78.9 Å². The molecular formula is C35H41N3O5S. The molecule has 232 valence electrons. The van der Waals surface area contributed by atoms with Gasteiger partial charge < -0.3 is 24.5 Å². The maximum Gasteiger partial charge on any atom is 0.251 e. The molecule has 0 bridgehead atoms. The minimum absolute atomic E-state index is 0.0509. The third-order valence-corrected chi connectivity index (χ3v) is 11.8. The molecule has 9 heteroatoms. The predicted octanol–water partition coefficient (Wildman–Crippen LogP) is 4.29. The van der Waals surface area contributed by atoms with Gasteiger partial charge >= 0.3 is 0 Å². The molecule has 2 saturated heterocycles. The molecule has 0 aromatic heterocycles. The number of carbonyl (C=O) groups excluding carboxylic acids is 3. The predicted molar refractivity (Wildman–Crippen MR) is 172 cm³/mol. The van der Waals surface area contributed by atoms with E-state index >= 15 is 0 Å². The number of methoxy groups -OCH3 is 1. The van der Waals surface area contributed by atoms with Crippen molar-refractivity contribution in [2.75, 3.05) is 31.7 Å². The lowest BCUT2D eigenvalue weighted by molar-refractivity contribution is -0.146. The van der Waals surface area contributed by atoms with Crippen LogP contribution in [0.5, 0.6) is 5.75 Å². The molecule has 2 aromatic rings. The number of aliphatic hydroxyl groups is 1. The van der Waals surface area contributed by atoms with E-state index in [2.05, 4.69) is 6.08 Å². The van der Waals surface area contributed by atoms with E-state index < -0.39 is 33.4 Å². The van der Waals surface area contributed by atoms with Gasteiger partial charge in [-0.15, -0.1) is 11.8 Å². The fourth-order valence-electron chi connectivity index (χ4n) is 7.62. The minimum Gasteiger partial charge on any atom is -0.497 e. The van der Waals surface area contributed by atoms with E-state index in [0.717, 1.165) is 12.0 Å². The number of hydrogen-bond acceptors (Lipinski definition) is 6. The van der Waals surface area contributed by atoms with Gasteiger partial charge in [0.25, 0.3) is 5.91 Å². The molecule has 1 unspecified atom stereocenters. The number of amides is 3. The third-order valence-electron chi connectivity index (χ3n) is 10.0. The Morgan fingerprint density at radius 3 is 2.32 bits per heavy atom. The molecule has 7 atom stereocenters. The smallest absolute Gasteiger partial charge is 0.251 e. The van der Waals surface area contributed by atoms with E-state index in [1.165, 1.54) is 0 Å². The number of nitrogens with zero attached hydrogens (tertiary/aromatic N) is 3. The number of fused-ring (bicyclic) bond motifs is 2. The second kappa shape index (κ2) is 11.7. The number of likely N-dealkylation sites (tertiary alicyclic amines) is 1. The number of aliphatic hydroxyl groups excluding tert-OH is 1. The summed E-state index contributed by atoms with van der Waals surface area (Å²) in [7, 11) is 1.60. The Hall–Kier alpha value is -3.56. The molecule has 4 aliphatic rings. The van der Waals surface area contributed by atoms with Crippen LogP contribution in [0.3, 0.4) is 0 Å². The molecular weight excluding hydrogens is 574 g/mol. The Morgan fingerprint density at radius 2 is 1.66 bits per heavy atom. The highest BCUT2D eigenvalue weighted by Crippen LogP contribution is 2.66. The van der Waals surface area contributed by atoms with Crippen LogP contribution in [-0.4, -0.2) is 81.0 Å². The van der Waals surface area contributed by atoms with Crippen molar-refractivity contribution in [3.05, 3.63) is 84.5 Å². The van der Waals surface area contributed by atoms with Gasteiger partial charge in [0.15, 0.2) is 0 Å². The van der Waals surface area contributed by atoms with Crippen LogP contribution in [0.1, 0.15) is 32.8 Å². The molecule has 8 nitrogen and oxygen atoms in total. The highest BCUT2D eigenvalue weighted by atomic mass is 32.2.